The monoisotopic (exact) mass is 460 g/mol. The normalized spacial score (nSPS) is 19.2. The van der Waals surface area contributed by atoms with Crippen LogP contribution in [0.5, 0.6) is 5.75 Å². The Morgan fingerprint density at radius 3 is 2.72 bits per heavy atom. The molecule has 7 nitrogen and oxygen atoms in total. The second-order valence-corrected chi connectivity index (χ2v) is 8.91. The van der Waals surface area contributed by atoms with E-state index in [0.717, 1.165) is 23.1 Å². The topological polar surface area (TPSA) is 80.9 Å². The summed E-state index contributed by atoms with van der Waals surface area (Å²) in [6.45, 7) is 5.77. The van der Waals surface area contributed by atoms with Crippen LogP contribution in [0.25, 0.3) is 0 Å². The Balaban J connectivity index is 1.71. The number of carbonyl (C=O) groups excluding carboxylic acids is 1. The molecule has 0 radical (unpaired) electrons. The van der Waals surface area contributed by atoms with Crippen LogP contribution in [0.2, 0.25) is 5.02 Å². The Morgan fingerprint density at radius 1 is 1.28 bits per heavy atom. The quantitative estimate of drug-likeness (QED) is 0.712. The number of nitrogens with one attached hydrogen (secondary N) is 1. The fraction of sp³-hybridized carbons (Fsp3) is 0.500. The van der Waals surface area contributed by atoms with E-state index in [0.29, 0.717) is 53.8 Å². The minimum atomic E-state index is -0.253. The molecule has 0 unspecified atom stereocenters. The predicted octanol–water partition coefficient (Wildman–Crippen LogP) is 3.58. The van der Waals surface area contributed by atoms with Crippen molar-refractivity contribution in [3.8, 4) is 5.75 Å². The number of fused-ring (bicyclic) bond motifs is 1. The maximum Gasteiger partial charge on any atom is 0.256 e. The summed E-state index contributed by atoms with van der Waals surface area (Å²) in [6, 6.07) is 3.81. The third-order valence-corrected chi connectivity index (χ3v) is 6.91. The molecule has 2 aromatic rings. The third-order valence-electron chi connectivity index (χ3n) is 6.51. The van der Waals surface area contributed by atoms with Crippen molar-refractivity contribution in [3.63, 3.8) is 0 Å². The Morgan fingerprint density at radius 2 is 2.06 bits per heavy atom. The Kier molecular flexibility index (Phi) is 6.60. The van der Waals surface area contributed by atoms with E-state index in [4.69, 9.17) is 25.8 Å². The van der Waals surface area contributed by atoms with Crippen LogP contribution in [-0.2, 0) is 22.4 Å². The first-order chi connectivity index (χ1) is 15.3. The number of rotatable bonds is 6. The largest absolute Gasteiger partial charge is 0.496 e. The lowest BCUT2D eigenvalue weighted by Gasteiger charge is -2.32. The summed E-state index contributed by atoms with van der Waals surface area (Å²) in [4.78, 5) is 30.6. The van der Waals surface area contributed by atoms with Crippen molar-refractivity contribution in [2.45, 2.75) is 39.3 Å². The van der Waals surface area contributed by atoms with E-state index in [1.807, 2.05) is 13.0 Å². The number of aromatic amines is 1. The van der Waals surface area contributed by atoms with Crippen molar-refractivity contribution in [3.05, 3.63) is 61.0 Å². The lowest BCUT2D eigenvalue weighted by Crippen LogP contribution is -2.39. The maximum absolute atomic E-state index is 13.6. The van der Waals surface area contributed by atoms with E-state index < -0.39 is 0 Å². The number of hydrogen-bond donors (Lipinski definition) is 1. The first kappa shape index (κ1) is 22.8. The van der Waals surface area contributed by atoms with Gasteiger partial charge in [0, 0.05) is 37.4 Å². The number of methoxy groups -OCH3 is 2. The number of amides is 1. The van der Waals surface area contributed by atoms with Crippen LogP contribution in [0.3, 0.4) is 0 Å². The van der Waals surface area contributed by atoms with E-state index >= 15 is 0 Å². The van der Waals surface area contributed by atoms with E-state index in [-0.39, 0.29) is 30.0 Å². The lowest BCUT2D eigenvalue weighted by atomic mass is 9.87. The molecule has 1 aromatic carbocycles. The summed E-state index contributed by atoms with van der Waals surface area (Å²) in [7, 11) is 3.19. The van der Waals surface area contributed by atoms with Crippen LogP contribution in [-0.4, -0.2) is 49.8 Å². The average Bonchev–Trinajstić information content (AvgIpc) is 3.29. The van der Waals surface area contributed by atoms with Gasteiger partial charge in [0.15, 0.2) is 0 Å². The van der Waals surface area contributed by atoms with Crippen molar-refractivity contribution in [2.24, 2.45) is 5.92 Å². The van der Waals surface area contributed by atoms with Gasteiger partial charge in [-0.2, -0.15) is 0 Å². The zero-order chi connectivity index (χ0) is 23.0. The van der Waals surface area contributed by atoms with Gasteiger partial charge in [-0.3, -0.25) is 9.59 Å². The van der Waals surface area contributed by atoms with E-state index in [1.54, 1.807) is 25.0 Å². The molecule has 4 rings (SSSR count). The minimum absolute atomic E-state index is 0.154. The van der Waals surface area contributed by atoms with Crippen LogP contribution in [0, 0.1) is 19.8 Å². The van der Waals surface area contributed by atoms with Gasteiger partial charge in [0.2, 0.25) is 0 Å². The number of pyridine rings is 1. The lowest BCUT2D eigenvalue weighted by molar-refractivity contribution is 0.0443. The molecule has 1 aromatic heterocycles. The van der Waals surface area contributed by atoms with Crippen molar-refractivity contribution in [2.75, 3.05) is 34.0 Å². The van der Waals surface area contributed by atoms with Crippen LogP contribution in [0.4, 0.5) is 0 Å². The molecule has 0 aliphatic carbocycles. The first-order valence-corrected chi connectivity index (χ1v) is 11.2. The molecule has 8 heteroatoms. The highest BCUT2D eigenvalue weighted by Gasteiger charge is 2.35. The van der Waals surface area contributed by atoms with Gasteiger partial charge in [0.25, 0.3) is 11.5 Å². The number of aromatic nitrogens is 1. The second kappa shape index (κ2) is 9.25. The molecule has 2 atom stereocenters. The molecular formula is C24H29ClN2O5. The summed E-state index contributed by atoms with van der Waals surface area (Å²) in [6.07, 6.45) is 1.32. The minimum Gasteiger partial charge on any atom is -0.496 e. The van der Waals surface area contributed by atoms with Gasteiger partial charge < -0.3 is 24.1 Å². The molecule has 32 heavy (non-hydrogen) atoms. The van der Waals surface area contributed by atoms with Gasteiger partial charge in [-0.25, -0.2) is 0 Å². The van der Waals surface area contributed by atoms with E-state index in [9.17, 15) is 9.59 Å². The second-order valence-electron chi connectivity index (χ2n) is 8.54. The molecule has 0 bridgehead atoms. The summed E-state index contributed by atoms with van der Waals surface area (Å²) in [5.41, 5.74) is 4.20. The molecule has 1 saturated heterocycles. The highest BCUT2D eigenvalue weighted by Crippen LogP contribution is 2.40. The van der Waals surface area contributed by atoms with Gasteiger partial charge in [0.1, 0.15) is 5.75 Å². The molecule has 1 amide bonds. The molecule has 1 N–H and O–H groups in total. The van der Waals surface area contributed by atoms with E-state index in [2.05, 4.69) is 4.98 Å². The molecule has 0 saturated carbocycles. The molecule has 3 heterocycles. The van der Waals surface area contributed by atoms with Gasteiger partial charge in [-0.05, 0) is 43.9 Å². The van der Waals surface area contributed by atoms with Crippen molar-refractivity contribution < 1.29 is 19.0 Å². The fourth-order valence-electron chi connectivity index (χ4n) is 4.84. The predicted molar refractivity (Wildman–Crippen MR) is 122 cm³/mol. The number of nitrogens with zero attached hydrogens (tertiary/aromatic N) is 1. The molecule has 2 aliphatic rings. The molecule has 2 aliphatic heterocycles. The number of ether oxygens (including phenoxy) is 3. The standard InChI is InChI=1S/C24H29ClN2O5/c1-13-9-17(22(31-4)15-6-8-32-12-15)21(25)20-16(13)5-7-27(24(20)29)11-18-19(30-3)10-14(2)26-23(18)28/h9-10,15,22H,5-8,11-12H2,1-4H3,(H,26,28)/t15-,22-/m1/s1. The Labute approximate surface area is 192 Å². The highest BCUT2D eigenvalue weighted by atomic mass is 35.5. The molecule has 1 fully saturated rings. The summed E-state index contributed by atoms with van der Waals surface area (Å²) < 4.78 is 16.8. The van der Waals surface area contributed by atoms with Gasteiger partial charge in [-0.15, -0.1) is 0 Å². The van der Waals surface area contributed by atoms with Gasteiger partial charge >= 0.3 is 0 Å². The maximum atomic E-state index is 13.6. The smallest absolute Gasteiger partial charge is 0.256 e. The Bertz CT molecular complexity index is 1090. The van der Waals surface area contributed by atoms with Crippen LogP contribution in [0.15, 0.2) is 16.9 Å². The number of carbonyl (C=O) groups is 1. The third kappa shape index (κ3) is 4.05. The van der Waals surface area contributed by atoms with E-state index in [1.165, 1.54) is 7.11 Å². The van der Waals surface area contributed by atoms with Crippen LogP contribution >= 0.6 is 11.6 Å². The molecular weight excluding hydrogens is 432 g/mol. The fourth-order valence-corrected chi connectivity index (χ4v) is 5.20. The van der Waals surface area contributed by atoms with Crippen LogP contribution < -0.4 is 10.3 Å². The van der Waals surface area contributed by atoms with Gasteiger partial charge in [-0.1, -0.05) is 17.7 Å². The summed E-state index contributed by atoms with van der Waals surface area (Å²) >= 11 is 6.86. The highest BCUT2D eigenvalue weighted by molar-refractivity contribution is 6.35. The first-order valence-electron chi connectivity index (χ1n) is 10.8. The molecule has 0 spiro atoms. The zero-order valence-corrected chi connectivity index (χ0v) is 19.7. The number of H-pyrrole nitrogens is 1. The SMILES string of the molecule is COc1cc(C)[nH]c(=O)c1CN1CCc2c(C)cc([C@H](OC)[C@@H]3CCOC3)c(Cl)c2C1=O. The van der Waals surface area contributed by atoms with Gasteiger partial charge in [0.05, 0.1) is 42.5 Å². The zero-order valence-electron chi connectivity index (χ0n) is 18.9. The summed E-state index contributed by atoms with van der Waals surface area (Å²) in [5.74, 6) is 0.488. The van der Waals surface area contributed by atoms with Crippen molar-refractivity contribution in [1.29, 1.82) is 0 Å². The Hall–Kier alpha value is -2.35. The molecule has 172 valence electrons. The number of aryl methyl sites for hydroxylation is 2. The van der Waals surface area contributed by atoms with Crippen molar-refractivity contribution in [1.82, 2.24) is 9.88 Å². The average molecular weight is 461 g/mol. The van der Waals surface area contributed by atoms with Crippen molar-refractivity contribution >= 4 is 17.5 Å². The summed E-state index contributed by atoms with van der Waals surface area (Å²) in [5, 5.41) is 0.434. The number of benzene rings is 1. The number of hydrogen-bond acceptors (Lipinski definition) is 5. The number of halogens is 1. The van der Waals surface area contributed by atoms with Crippen LogP contribution in [0.1, 0.15) is 50.8 Å².